The lowest BCUT2D eigenvalue weighted by atomic mass is 10.2. The molecule has 70 valence electrons. The van der Waals surface area contributed by atoms with E-state index in [0.29, 0.717) is 6.54 Å². The first kappa shape index (κ1) is 9.38. The van der Waals surface area contributed by atoms with Gasteiger partial charge in [0, 0.05) is 0 Å². The summed E-state index contributed by atoms with van der Waals surface area (Å²) in [5.74, 6) is 1.05. The van der Waals surface area contributed by atoms with Gasteiger partial charge in [0.25, 0.3) is 0 Å². The molecule has 0 aliphatic heterocycles. The maximum atomic E-state index is 5.26. The van der Waals surface area contributed by atoms with E-state index in [9.17, 15) is 0 Å². The van der Waals surface area contributed by atoms with Gasteiger partial charge in [-0.3, -0.25) is 16.5 Å². The average Bonchev–Trinajstić information content (AvgIpc) is 2.15. The molecule has 0 atom stereocenters. The predicted octanol–water partition coefficient (Wildman–Crippen LogP) is -1.45. The summed E-state index contributed by atoms with van der Waals surface area (Å²) in [5, 5.41) is 0. The van der Waals surface area contributed by atoms with Crippen molar-refractivity contribution in [2.24, 2.45) is 11.5 Å². The molecule has 0 saturated carbocycles. The highest BCUT2D eigenvalue weighted by Crippen LogP contribution is 2.10. The van der Waals surface area contributed by atoms with Crippen LogP contribution in [0.2, 0.25) is 0 Å². The molecule has 0 aliphatic rings. The van der Waals surface area contributed by atoms with Crippen LogP contribution in [0, 0.1) is 0 Å². The Morgan fingerprint density at radius 3 is 2.85 bits per heavy atom. The lowest BCUT2D eigenvalue weighted by Crippen LogP contribution is -2.76. The van der Waals surface area contributed by atoms with Crippen LogP contribution in [0.25, 0.3) is 0 Å². The molecule has 4 heteroatoms. The fourth-order valence-corrected chi connectivity index (χ4v) is 0.987. The summed E-state index contributed by atoms with van der Waals surface area (Å²) < 4.78 is 5.06. The molecule has 13 heavy (non-hydrogen) atoms. The van der Waals surface area contributed by atoms with E-state index < -0.39 is 0 Å². The second kappa shape index (κ2) is 4.35. The van der Waals surface area contributed by atoms with Crippen LogP contribution in [-0.4, -0.2) is 13.1 Å². The smallest absolute Gasteiger partial charge is 0.339 e. The Hall–Kier alpha value is -1.71. The van der Waals surface area contributed by atoms with Gasteiger partial charge in [-0.05, 0) is 17.7 Å². The summed E-state index contributed by atoms with van der Waals surface area (Å²) in [6, 6.07) is 7.70. The van der Waals surface area contributed by atoms with E-state index in [2.05, 4.69) is 4.99 Å². The van der Waals surface area contributed by atoms with Crippen molar-refractivity contribution >= 4 is 5.96 Å². The molecule has 4 nitrogen and oxygen atoms in total. The molecule has 0 saturated heterocycles. The first-order valence-electron chi connectivity index (χ1n) is 3.97. The number of methoxy groups -OCH3 is 1. The SMILES string of the molecule is COc1cccc(C[NH+]=C(N)N)c1. The van der Waals surface area contributed by atoms with E-state index in [1.807, 2.05) is 24.3 Å². The third kappa shape index (κ3) is 3.02. The molecule has 0 radical (unpaired) electrons. The Bertz CT molecular complexity index is 305. The largest absolute Gasteiger partial charge is 0.497 e. The van der Waals surface area contributed by atoms with E-state index in [1.54, 1.807) is 7.11 Å². The molecule has 5 N–H and O–H groups in total. The maximum absolute atomic E-state index is 5.26. The molecular formula is C9H14N3O+. The van der Waals surface area contributed by atoms with Crippen LogP contribution in [0.1, 0.15) is 5.56 Å². The molecule has 0 aliphatic carbocycles. The number of guanidine groups is 1. The van der Waals surface area contributed by atoms with Gasteiger partial charge in [-0.1, -0.05) is 12.1 Å². The number of rotatable bonds is 3. The van der Waals surface area contributed by atoms with Crippen molar-refractivity contribution in [3.8, 4) is 5.75 Å². The normalized spacial score (nSPS) is 9.31. The zero-order chi connectivity index (χ0) is 9.68. The number of benzene rings is 1. The third-order valence-corrected chi connectivity index (χ3v) is 1.63. The van der Waals surface area contributed by atoms with Crippen LogP contribution in [0.15, 0.2) is 24.3 Å². The van der Waals surface area contributed by atoms with Crippen molar-refractivity contribution in [3.05, 3.63) is 29.8 Å². The molecule has 1 aromatic rings. The zero-order valence-electron chi connectivity index (χ0n) is 7.58. The van der Waals surface area contributed by atoms with Gasteiger partial charge in [0.05, 0.1) is 13.7 Å². The zero-order valence-corrected chi connectivity index (χ0v) is 7.58. The lowest BCUT2D eigenvalue weighted by Gasteiger charge is -2.00. The van der Waals surface area contributed by atoms with Gasteiger partial charge in [0.2, 0.25) is 0 Å². The fourth-order valence-electron chi connectivity index (χ4n) is 0.987. The monoisotopic (exact) mass is 180 g/mol. The van der Waals surface area contributed by atoms with Crippen molar-refractivity contribution in [2.75, 3.05) is 7.11 Å². The van der Waals surface area contributed by atoms with E-state index >= 15 is 0 Å². The molecular weight excluding hydrogens is 166 g/mol. The van der Waals surface area contributed by atoms with Gasteiger partial charge >= 0.3 is 5.96 Å². The highest BCUT2D eigenvalue weighted by Gasteiger charge is 1.95. The average molecular weight is 180 g/mol. The molecule has 1 rings (SSSR count). The van der Waals surface area contributed by atoms with Gasteiger partial charge in [-0.15, -0.1) is 0 Å². The summed E-state index contributed by atoms with van der Waals surface area (Å²) in [4.78, 5) is 2.83. The van der Waals surface area contributed by atoms with E-state index in [-0.39, 0.29) is 5.96 Å². The summed E-state index contributed by atoms with van der Waals surface area (Å²) in [6.45, 7) is 0.611. The van der Waals surface area contributed by atoms with Gasteiger partial charge < -0.3 is 4.74 Å². The molecule has 0 aromatic heterocycles. The summed E-state index contributed by atoms with van der Waals surface area (Å²) in [5.41, 5.74) is 11.6. The van der Waals surface area contributed by atoms with Crippen LogP contribution in [-0.2, 0) is 6.54 Å². The summed E-state index contributed by atoms with van der Waals surface area (Å²) >= 11 is 0. The highest BCUT2D eigenvalue weighted by atomic mass is 16.5. The molecule has 0 amide bonds. The van der Waals surface area contributed by atoms with Gasteiger partial charge in [0.15, 0.2) is 0 Å². The molecule has 0 bridgehead atoms. The minimum atomic E-state index is 0.225. The number of ether oxygens (including phenoxy) is 1. The quantitative estimate of drug-likeness (QED) is 0.393. The van der Waals surface area contributed by atoms with Crippen molar-refractivity contribution < 1.29 is 9.73 Å². The van der Waals surface area contributed by atoms with Crippen molar-refractivity contribution in [1.29, 1.82) is 0 Å². The van der Waals surface area contributed by atoms with Crippen LogP contribution in [0.3, 0.4) is 0 Å². The standard InChI is InChI=1S/C9H13N3O/c1-13-8-4-2-3-7(5-8)6-12-9(10)11/h2-5H,6H2,1H3,(H4,10,11,12)/p+1. The third-order valence-electron chi connectivity index (χ3n) is 1.63. The number of hydrogen-bond donors (Lipinski definition) is 3. The second-order valence-corrected chi connectivity index (χ2v) is 2.66. The van der Waals surface area contributed by atoms with E-state index in [1.165, 1.54) is 0 Å². The summed E-state index contributed by atoms with van der Waals surface area (Å²) in [7, 11) is 1.63. The first-order chi connectivity index (χ1) is 6.22. The van der Waals surface area contributed by atoms with Gasteiger partial charge in [-0.25, -0.2) is 0 Å². The molecule has 0 heterocycles. The van der Waals surface area contributed by atoms with Gasteiger partial charge in [-0.2, -0.15) is 0 Å². The Kier molecular flexibility index (Phi) is 3.14. The maximum Gasteiger partial charge on any atom is 0.339 e. The first-order valence-corrected chi connectivity index (χ1v) is 3.97. The number of hydrogen-bond acceptors (Lipinski definition) is 1. The van der Waals surface area contributed by atoms with E-state index in [0.717, 1.165) is 11.3 Å². The van der Waals surface area contributed by atoms with Crippen LogP contribution in [0.4, 0.5) is 0 Å². The number of nitrogens with two attached hydrogens (primary N) is 2. The topological polar surface area (TPSA) is 75.2 Å². The van der Waals surface area contributed by atoms with Crippen LogP contribution >= 0.6 is 0 Å². The molecule has 1 aromatic carbocycles. The van der Waals surface area contributed by atoms with Crippen molar-refractivity contribution in [2.45, 2.75) is 6.54 Å². The highest BCUT2D eigenvalue weighted by molar-refractivity contribution is 5.69. The molecule has 0 unspecified atom stereocenters. The Morgan fingerprint density at radius 1 is 1.46 bits per heavy atom. The Balaban J connectivity index is 2.72. The lowest BCUT2D eigenvalue weighted by molar-refractivity contribution is -0.477. The minimum Gasteiger partial charge on any atom is -0.497 e. The predicted molar refractivity (Wildman–Crippen MR) is 51.0 cm³/mol. The van der Waals surface area contributed by atoms with Crippen LogP contribution < -0.4 is 21.2 Å². The molecule has 0 fully saturated rings. The Morgan fingerprint density at radius 2 is 2.23 bits per heavy atom. The number of nitrogens with one attached hydrogen (secondary N) is 1. The fraction of sp³-hybridized carbons (Fsp3) is 0.222. The van der Waals surface area contributed by atoms with Crippen molar-refractivity contribution in [3.63, 3.8) is 0 Å². The minimum absolute atomic E-state index is 0.225. The van der Waals surface area contributed by atoms with Crippen LogP contribution in [0.5, 0.6) is 5.75 Å². The summed E-state index contributed by atoms with van der Waals surface area (Å²) in [6.07, 6.45) is 0. The van der Waals surface area contributed by atoms with Crippen molar-refractivity contribution in [1.82, 2.24) is 0 Å². The second-order valence-electron chi connectivity index (χ2n) is 2.66. The van der Waals surface area contributed by atoms with E-state index in [4.69, 9.17) is 16.2 Å². The van der Waals surface area contributed by atoms with Gasteiger partial charge in [0.1, 0.15) is 5.75 Å². The molecule has 0 spiro atoms. The Labute approximate surface area is 77.2 Å².